The zero-order chi connectivity index (χ0) is 16.7. The maximum atomic E-state index is 6.31. The normalized spacial score (nSPS) is 18.8. The standard InChI is InChI=1S/C20H23N3O/c1-3-13-4-5-15-12-23(20(21)22-19(15)8-13)17-9-14-6-7-18(24-2)11-16(14)10-17/h4-8,11,17H,3,9-10,12H2,1-2H3,(H2,21,22). The summed E-state index contributed by atoms with van der Waals surface area (Å²) in [5.74, 6) is 1.56. The Kier molecular flexibility index (Phi) is 3.68. The van der Waals surface area contributed by atoms with Crippen LogP contribution < -0.4 is 10.5 Å². The molecule has 1 aliphatic heterocycles. The summed E-state index contributed by atoms with van der Waals surface area (Å²) < 4.78 is 5.35. The summed E-state index contributed by atoms with van der Waals surface area (Å²) in [7, 11) is 1.71. The van der Waals surface area contributed by atoms with Crippen molar-refractivity contribution in [3.05, 3.63) is 58.7 Å². The van der Waals surface area contributed by atoms with E-state index in [0.717, 1.165) is 37.2 Å². The van der Waals surface area contributed by atoms with Gasteiger partial charge in [0, 0.05) is 12.6 Å². The first-order chi connectivity index (χ1) is 11.7. The molecule has 0 aromatic heterocycles. The van der Waals surface area contributed by atoms with Gasteiger partial charge in [-0.2, -0.15) is 0 Å². The Morgan fingerprint density at radius 1 is 1.12 bits per heavy atom. The predicted octanol–water partition coefficient (Wildman–Crippen LogP) is 3.19. The molecule has 2 aromatic rings. The third kappa shape index (κ3) is 2.52. The van der Waals surface area contributed by atoms with Crippen LogP contribution >= 0.6 is 0 Å². The molecular weight excluding hydrogens is 298 g/mol. The number of aryl methyl sites for hydroxylation is 1. The Hall–Kier alpha value is -2.49. The Bertz CT molecular complexity index is 813. The van der Waals surface area contributed by atoms with Crippen molar-refractivity contribution in [1.29, 1.82) is 0 Å². The lowest BCUT2D eigenvalue weighted by atomic mass is 10.0. The average Bonchev–Trinajstić information content (AvgIpc) is 3.03. The number of guanidine groups is 1. The molecule has 4 nitrogen and oxygen atoms in total. The number of ether oxygens (including phenoxy) is 1. The highest BCUT2D eigenvalue weighted by molar-refractivity contribution is 5.84. The molecule has 4 rings (SSSR count). The maximum absolute atomic E-state index is 6.31. The Morgan fingerprint density at radius 3 is 2.71 bits per heavy atom. The fraction of sp³-hybridized carbons (Fsp3) is 0.350. The van der Waals surface area contributed by atoms with E-state index in [1.165, 1.54) is 22.3 Å². The largest absolute Gasteiger partial charge is 0.497 e. The van der Waals surface area contributed by atoms with Crippen molar-refractivity contribution in [2.75, 3.05) is 7.11 Å². The molecule has 0 saturated heterocycles. The fourth-order valence-electron chi connectivity index (χ4n) is 3.75. The van der Waals surface area contributed by atoms with Crippen molar-refractivity contribution in [1.82, 2.24) is 4.90 Å². The van der Waals surface area contributed by atoms with Crippen molar-refractivity contribution < 1.29 is 4.74 Å². The monoisotopic (exact) mass is 321 g/mol. The summed E-state index contributed by atoms with van der Waals surface area (Å²) in [5.41, 5.74) is 12.6. The lowest BCUT2D eigenvalue weighted by Gasteiger charge is -2.33. The molecule has 2 N–H and O–H groups in total. The van der Waals surface area contributed by atoms with Gasteiger partial charge in [-0.05, 0) is 59.7 Å². The van der Waals surface area contributed by atoms with Crippen LogP contribution in [0.3, 0.4) is 0 Å². The summed E-state index contributed by atoms with van der Waals surface area (Å²) in [6.45, 7) is 3.00. The number of aliphatic imine (C=N–C) groups is 1. The zero-order valence-corrected chi connectivity index (χ0v) is 14.2. The van der Waals surface area contributed by atoms with Crippen LogP contribution in [0.4, 0.5) is 5.69 Å². The zero-order valence-electron chi connectivity index (χ0n) is 14.2. The fourth-order valence-corrected chi connectivity index (χ4v) is 3.75. The van der Waals surface area contributed by atoms with Crippen LogP contribution in [-0.4, -0.2) is 24.0 Å². The molecule has 0 amide bonds. The van der Waals surface area contributed by atoms with Crippen LogP contribution in [-0.2, 0) is 25.8 Å². The van der Waals surface area contributed by atoms with Crippen LogP contribution in [0.1, 0.15) is 29.2 Å². The molecule has 124 valence electrons. The lowest BCUT2D eigenvalue weighted by molar-refractivity contribution is 0.305. The van der Waals surface area contributed by atoms with Crippen molar-refractivity contribution in [2.24, 2.45) is 10.7 Å². The number of benzene rings is 2. The minimum absolute atomic E-state index is 0.370. The average molecular weight is 321 g/mol. The van der Waals surface area contributed by atoms with Gasteiger partial charge in [-0.1, -0.05) is 25.1 Å². The first-order valence-electron chi connectivity index (χ1n) is 8.56. The predicted molar refractivity (Wildman–Crippen MR) is 96.8 cm³/mol. The molecule has 4 heteroatoms. The van der Waals surface area contributed by atoms with E-state index in [1.54, 1.807) is 7.11 Å². The van der Waals surface area contributed by atoms with E-state index in [9.17, 15) is 0 Å². The first kappa shape index (κ1) is 15.1. The Labute approximate surface area is 143 Å². The van der Waals surface area contributed by atoms with Crippen molar-refractivity contribution in [3.63, 3.8) is 0 Å². The van der Waals surface area contributed by atoms with E-state index >= 15 is 0 Å². The van der Waals surface area contributed by atoms with Crippen LogP contribution in [0, 0.1) is 0 Å². The van der Waals surface area contributed by atoms with E-state index in [1.807, 2.05) is 6.07 Å². The van der Waals surface area contributed by atoms with E-state index in [-0.39, 0.29) is 0 Å². The molecule has 0 radical (unpaired) electrons. The molecular formula is C20H23N3O. The minimum atomic E-state index is 0.370. The summed E-state index contributed by atoms with van der Waals surface area (Å²) in [4.78, 5) is 6.92. The molecule has 0 saturated carbocycles. The van der Waals surface area contributed by atoms with Gasteiger partial charge in [0.2, 0.25) is 0 Å². The SMILES string of the molecule is CCc1ccc2c(c1)N=C(N)N(C1Cc3ccc(OC)cc3C1)C2. The van der Waals surface area contributed by atoms with Crippen LogP contribution in [0.5, 0.6) is 5.75 Å². The third-order valence-electron chi connectivity index (χ3n) is 5.19. The number of nitrogens with zero attached hydrogens (tertiary/aromatic N) is 2. The van der Waals surface area contributed by atoms with Gasteiger partial charge >= 0.3 is 0 Å². The Balaban J connectivity index is 1.58. The lowest BCUT2D eigenvalue weighted by Crippen LogP contribution is -2.46. The molecule has 2 aliphatic rings. The summed E-state index contributed by atoms with van der Waals surface area (Å²) in [5, 5.41) is 0. The highest BCUT2D eigenvalue weighted by Crippen LogP contribution is 2.33. The van der Waals surface area contributed by atoms with Gasteiger partial charge in [-0.25, -0.2) is 4.99 Å². The summed E-state index contributed by atoms with van der Waals surface area (Å²) in [6, 6.07) is 13.3. The van der Waals surface area contributed by atoms with Crippen molar-refractivity contribution in [2.45, 2.75) is 38.8 Å². The molecule has 0 spiro atoms. The van der Waals surface area contributed by atoms with Gasteiger partial charge in [0.15, 0.2) is 5.96 Å². The van der Waals surface area contributed by atoms with E-state index in [0.29, 0.717) is 12.0 Å². The number of fused-ring (bicyclic) bond motifs is 2. The molecule has 24 heavy (non-hydrogen) atoms. The minimum Gasteiger partial charge on any atom is -0.497 e. The van der Waals surface area contributed by atoms with E-state index in [2.05, 4.69) is 47.1 Å². The van der Waals surface area contributed by atoms with Gasteiger partial charge < -0.3 is 15.4 Å². The molecule has 1 atom stereocenters. The second-order valence-corrected chi connectivity index (χ2v) is 6.61. The second kappa shape index (κ2) is 5.86. The number of rotatable bonds is 3. The molecule has 0 bridgehead atoms. The van der Waals surface area contributed by atoms with Crippen molar-refractivity contribution >= 4 is 11.6 Å². The maximum Gasteiger partial charge on any atom is 0.197 e. The molecule has 1 unspecified atom stereocenters. The molecule has 2 aromatic carbocycles. The molecule has 1 heterocycles. The second-order valence-electron chi connectivity index (χ2n) is 6.61. The smallest absolute Gasteiger partial charge is 0.197 e. The number of hydrogen-bond donors (Lipinski definition) is 1. The molecule has 0 fully saturated rings. The number of hydrogen-bond acceptors (Lipinski definition) is 4. The number of nitrogens with two attached hydrogens (primary N) is 1. The quantitative estimate of drug-likeness (QED) is 0.944. The van der Waals surface area contributed by atoms with Crippen LogP contribution in [0.2, 0.25) is 0 Å². The number of methoxy groups -OCH3 is 1. The van der Waals surface area contributed by atoms with Crippen LogP contribution in [0.25, 0.3) is 0 Å². The highest BCUT2D eigenvalue weighted by atomic mass is 16.5. The summed E-state index contributed by atoms with van der Waals surface area (Å²) >= 11 is 0. The van der Waals surface area contributed by atoms with Gasteiger partial charge in [0.25, 0.3) is 0 Å². The first-order valence-corrected chi connectivity index (χ1v) is 8.56. The molecule has 1 aliphatic carbocycles. The third-order valence-corrected chi connectivity index (χ3v) is 5.19. The van der Waals surface area contributed by atoms with Gasteiger partial charge in [0.1, 0.15) is 5.75 Å². The van der Waals surface area contributed by atoms with Crippen molar-refractivity contribution in [3.8, 4) is 5.75 Å². The van der Waals surface area contributed by atoms with Crippen LogP contribution in [0.15, 0.2) is 41.4 Å². The van der Waals surface area contributed by atoms with Gasteiger partial charge in [0.05, 0.1) is 12.8 Å². The van der Waals surface area contributed by atoms with Gasteiger partial charge in [-0.3, -0.25) is 0 Å². The van der Waals surface area contributed by atoms with E-state index < -0.39 is 0 Å². The van der Waals surface area contributed by atoms with Gasteiger partial charge in [-0.15, -0.1) is 0 Å². The van der Waals surface area contributed by atoms with E-state index in [4.69, 9.17) is 10.5 Å². The summed E-state index contributed by atoms with van der Waals surface area (Å²) in [6.07, 6.45) is 3.02. The Morgan fingerprint density at radius 2 is 1.92 bits per heavy atom. The highest BCUT2D eigenvalue weighted by Gasteiger charge is 2.30. The topological polar surface area (TPSA) is 50.8 Å².